The van der Waals surface area contributed by atoms with Gasteiger partial charge in [0.2, 0.25) is 0 Å². The van der Waals surface area contributed by atoms with E-state index in [2.05, 4.69) is 34.5 Å². The van der Waals surface area contributed by atoms with Crippen molar-refractivity contribution in [3.8, 4) is 11.5 Å². The lowest BCUT2D eigenvalue weighted by atomic mass is 9.98. The van der Waals surface area contributed by atoms with Gasteiger partial charge in [0, 0.05) is 11.5 Å². The first-order chi connectivity index (χ1) is 8.83. The Morgan fingerprint density at radius 2 is 1.84 bits per heavy atom. The van der Waals surface area contributed by atoms with E-state index in [9.17, 15) is 0 Å². The van der Waals surface area contributed by atoms with Crippen LogP contribution in [0.15, 0.2) is 28.8 Å². The molecule has 102 valence electrons. The van der Waals surface area contributed by atoms with Crippen molar-refractivity contribution in [2.75, 3.05) is 13.1 Å². The Morgan fingerprint density at radius 1 is 1.16 bits per heavy atom. The lowest BCUT2D eigenvalue weighted by Gasteiger charge is -2.18. The summed E-state index contributed by atoms with van der Waals surface area (Å²) in [6, 6.07) is 8.16. The van der Waals surface area contributed by atoms with Crippen LogP contribution in [-0.4, -0.2) is 23.2 Å². The molecule has 1 aliphatic rings. The molecule has 2 aromatic rings. The molecule has 3 rings (SSSR count). The third kappa shape index (κ3) is 3.14. The van der Waals surface area contributed by atoms with Gasteiger partial charge in [-0.3, -0.25) is 0 Å². The maximum absolute atomic E-state index is 5.36. The lowest BCUT2D eigenvalue weighted by molar-refractivity contribution is 0.392. The van der Waals surface area contributed by atoms with E-state index in [1.54, 1.807) is 0 Å². The van der Waals surface area contributed by atoms with Crippen LogP contribution in [0.25, 0.3) is 11.5 Å². The van der Waals surface area contributed by atoms with E-state index in [-0.39, 0.29) is 12.4 Å². The number of piperidine rings is 1. The first kappa shape index (κ1) is 14.0. The maximum Gasteiger partial charge on any atom is 0.257 e. The van der Waals surface area contributed by atoms with Crippen molar-refractivity contribution >= 4 is 12.4 Å². The van der Waals surface area contributed by atoms with E-state index in [1.165, 1.54) is 5.56 Å². The second kappa shape index (κ2) is 6.17. The third-order valence-corrected chi connectivity index (χ3v) is 3.44. The van der Waals surface area contributed by atoms with Crippen LogP contribution in [-0.2, 0) is 0 Å². The molecule has 0 saturated carbocycles. The molecule has 1 aromatic carbocycles. The summed E-state index contributed by atoms with van der Waals surface area (Å²) < 4.78 is 5.36. The number of nitrogens with zero attached hydrogens (tertiary/aromatic N) is 2. The van der Waals surface area contributed by atoms with Crippen molar-refractivity contribution in [1.29, 1.82) is 0 Å². The van der Waals surface area contributed by atoms with E-state index in [1.807, 2.05) is 12.1 Å². The molecule has 5 heteroatoms. The lowest BCUT2D eigenvalue weighted by Crippen LogP contribution is -2.27. The quantitative estimate of drug-likeness (QED) is 0.918. The average Bonchev–Trinajstić information content (AvgIpc) is 2.90. The van der Waals surface area contributed by atoms with Crippen LogP contribution in [0.3, 0.4) is 0 Å². The highest BCUT2D eigenvalue weighted by atomic mass is 35.5. The molecule has 4 nitrogen and oxygen atoms in total. The van der Waals surface area contributed by atoms with Crippen molar-refractivity contribution in [1.82, 2.24) is 15.5 Å². The Hall–Kier alpha value is -1.39. The van der Waals surface area contributed by atoms with E-state index in [0.717, 1.165) is 37.3 Å². The highest BCUT2D eigenvalue weighted by Crippen LogP contribution is 2.25. The number of benzene rings is 1. The van der Waals surface area contributed by atoms with Gasteiger partial charge < -0.3 is 9.84 Å². The van der Waals surface area contributed by atoms with Crippen LogP contribution < -0.4 is 5.32 Å². The summed E-state index contributed by atoms with van der Waals surface area (Å²) in [7, 11) is 0. The minimum absolute atomic E-state index is 0. The zero-order valence-corrected chi connectivity index (χ0v) is 11.7. The van der Waals surface area contributed by atoms with Crippen molar-refractivity contribution in [3.63, 3.8) is 0 Å². The Bertz CT molecular complexity index is 518. The van der Waals surface area contributed by atoms with Crippen LogP contribution in [0.5, 0.6) is 0 Å². The highest BCUT2D eigenvalue weighted by Gasteiger charge is 2.20. The first-order valence-electron chi connectivity index (χ1n) is 6.44. The van der Waals surface area contributed by atoms with Crippen molar-refractivity contribution in [2.45, 2.75) is 25.7 Å². The average molecular weight is 280 g/mol. The number of nitrogens with one attached hydrogen (secondary N) is 1. The number of rotatable bonds is 2. The van der Waals surface area contributed by atoms with E-state index in [0.29, 0.717) is 11.8 Å². The second-order valence-corrected chi connectivity index (χ2v) is 4.85. The van der Waals surface area contributed by atoms with Gasteiger partial charge in [0.1, 0.15) is 0 Å². The minimum Gasteiger partial charge on any atom is -0.334 e. The molecule has 1 saturated heterocycles. The number of hydrogen-bond donors (Lipinski definition) is 1. The van der Waals surface area contributed by atoms with Gasteiger partial charge in [-0.1, -0.05) is 22.9 Å². The van der Waals surface area contributed by atoms with Gasteiger partial charge in [0.15, 0.2) is 5.82 Å². The summed E-state index contributed by atoms with van der Waals surface area (Å²) in [4.78, 5) is 4.53. The molecule has 1 fully saturated rings. The third-order valence-electron chi connectivity index (χ3n) is 3.44. The van der Waals surface area contributed by atoms with Gasteiger partial charge in [-0.05, 0) is 45.0 Å². The molecule has 1 N–H and O–H groups in total. The van der Waals surface area contributed by atoms with Gasteiger partial charge in [0.25, 0.3) is 5.89 Å². The highest BCUT2D eigenvalue weighted by molar-refractivity contribution is 5.85. The molecule has 2 heterocycles. The van der Waals surface area contributed by atoms with Gasteiger partial charge in [-0.15, -0.1) is 12.4 Å². The molecule has 0 aliphatic carbocycles. The van der Waals surface area contributed by atoms with Crippen LogP contribution in [0.1, 0.15) is 30.1 Å². The van der Waals surface area contributed by atoms with Crippen LogP contribution in [0.2, 0.25) is 0 Å². The predicted octanol–water partition coefficient (Wildman–Crippen LogP) is 2.93. The Kier molecular flexibility index (Phi) is 4.56. The molecule has 0 spiro atoms. The van der Waals surface area contributed by atoms with Gasteiger partial charge in [-0.2, -0.15) is 4.98 Å². The summed E-state index contributed by atoms with van der Waals surface area (Å²) >= 11 is 0. The molecule has 0 unspecified atom stereocenters. The molecule has 1 aromatic heterocycles. The fraction of sp³-hybridized carbons (Fsp3) is 0.429. The first-order valence-corrected chi connectivity index (χ1v) is 6.44. The SMILES string of the molecule is Cc1ccc(-c2nc(C3CCNCC3)no2)cc1.Cl. The molecule has 0 atom stereocenters. The molecule has 19 heavy (non-hydrogen) atoms. The van der Waals surface area contributed by atoms with E-state index >= 15 is 0 Å². The Morgan fingerprint density at radius 3 is 2.53 bits per heavy atom. The van der Waals surface area contributed by atoms with Crippen molar-refractivity contribution < 1.29 is 4.52 Å². The molecular formula is C14H18ClN3O. The normalized spacial score (nSPS) is 16.1. The number of aryl methyl sites for hydroxylation is 1. The summed E-state index contributed by atoms with van der Waals surface area (Å²) in [6.45, 7) is 4.15. The zero-order chi connectivity index (χ0) is 12.4. The van der Waals surface area contributed by atoms with Gasteiger partial charge in [-0.25, -0.2) is 0 Å². The van der Waals surface area contributed by atoms with Crippen LogP contribution in [0, 0.1) is 6.92 Å². The van der Waals surface area contributed by atoms with Gasteiger partial charge >= 0.3 is 0 Å². The Labute approximate surface area is 119 Å². The van der Waals surface area contributed by atoms with E-state index < -0.39 is 0 Å². The molecule has 0 radical (unpaired) electrons. The van der Waals surface area contributed by atoms with Crippen molar-refractivity contribution in [3.05, 3.63) is 35.7 Å². The summed E-state index contributed by atoms with van der Waals surface area (Å²) in [5.41, 5.74) is 2.23. The fourth-order valence-corrected chi connectivity index (χ4v) is 2.29. The standard InChI is InChI=1S/C14H17N3O.ClH/c1-10-2-4-12(5-3-10)14-16-13(17-18-14)11-6-8-15-9-7-11;/h2-5,11,15H,6-9H2,1H3;1H. The van der Waals surface area contributed by atoms with Crippen molar-refractivity contribution in [2.24, 2.45) is 0 Å². The minimum atomic E-state index is 0. The maximum atomic E-state index is 5.36. The zero-order valence-electron chi connectivity index (χ0n) is 10.9. The predicted molar refractivity (Wildman–Crippen MR) is 76.6 cm³/mol. The van der Waals surface area contributed by atoms with E-state index in [4.69, 9.17) is 4.52 Å². The van der Waals surface area contributed by atoms with Crippen LogP contribution in [0.4, 0.5) is 0 Å². The number of hydrogen-bond acceptors (Lipinski definition) is 4. The van der Waals surface area contributed by atoms with Gasteiger partial charge in [0.05, 0.1) is 0 Å². The topological polar surface area (TPSA) is 51.0 Å². The fourth-order valence-electron chi connectivity index (χ4n) is 2.29. The summed E-state index contributed by atoms with van der Waals surface area (Å²) in [5.74, 6) is 1.92. The second-order valence-electron chi connectivity index (χ2n) is 4.85. The molecule has 1 aliphatic heterocycles. The monoisotopic (exact) mass is 279 g/mol. The molecular weight excluding hydrogens is 262 g/mol. The molecule has 0 amide bonds. The number of halogens is 1. The largest absolute Gasteiger partial charge is 0.334 e. The van der Waals surface area contributed by atoms with Crippen LogP contribution >= 0.6 is 12.4 Å². The number of aromatic nitrogens is 2. The smallest absolute Gasteiger partial charge is 0.257 e. The summed E-state index contributed by atoms with van der Waals surface area (Å²) in [5, 5.41) is 7.47. The Balaban J connectivity index is 0.00000133. The molecule has 0 bridgehead atoms. The summed E-state index contributed by atoms with van der Waals surface area (Å²) in [6.07, 6.45) is 2.18.